The molecule has 0 amide bonds. The monoisotopic (exact) mass is 594 g/mol. The van der Waals surface area contributed by atoms with Crippen LogP contribution < -0.4 is 0 Å². The molecule has 3 saturated heterocycles. The van der Waals surface area contributed by atoms with Crippen molar-refractivity contribution in [3.05, 3.63) is 0 Å². The molecule has 3 aliphatic rings. The maximum atomic E-state index is 10.3. The third kappa shape index (κ3) is 8.13. The number of rotatable bonds is 8. The minimum atomic E-state index is -2.36. The van der Waals surface area contributed by atoms with Crippen LogP contribution in [-0.4, -0.2) is 195 Å². The lowest BCUT2D eigenvalue weighted by Gasteiger charge is -2.44. The van der Waals surface area contributed by atoms with Crippen LogP contribution in [0, 0.1) is 0 Å². The van der Waals surface area contributed by atoms with Gasteiger partial charge in [-0.25, -0.2) is 0 Å². The molecule has 3 fully saturated rings. The van der Waals surface area contributed by atoms with Crippen molar-refractivity contribution in [3.8, 4) is 0 Å². The molecule has 14 atom stereocenters. The summed E-state index contributed by atoms with van der Waals surface area (Å²) in [5.74, 6) is -2.36. The number of aliphatic hydroxyl groups excluding tert-OH is 11. The lowest BCUT2D eigenvalue weighted by Crippen LogP contribution is -2.63. The molecule has 240 valence electrons. The fraction of sp³-hybridized carbons (Fsp3) is 1.00. The van der Waals surface area contributed by atoms with Gasteiger partial charge in [0.25, 0.3) is 0 Å². The van der Waals surface area contributed by atoms with Crippen LogP contribution >= 0.6 is 0 Å². The molecule has 3 rings (SSSR count). The van der Waals surface area contributed by atoms with Gasteiger partial charge in [0, 0.05) is 0 Å². The second-order valence-corrected chi connectivity index (χ2v) is 8.41. The van der Waals surface area contributed by atoms with E-state index in [4.69, 9.17) is 23.7 Å². The fourth-order valence-electron chi connectivity index (χ4n) is 4.01. The number of hydrogen-bond donors (Lipinski definition) is 11. The van der Waals surface area contributed by atoms with E-state index in [9.17, 15) is 56.2 Å². The highest BCUT2D eigenvalue weighted by Crippen LogP contribution is 2.36. The standard InChI is InChI=1S/C18H32O16.5H2O/c19-1-5-8(22)11(25)13(27)16(31-5)30-3-7-9(23)12(26)14(28)17(32-7)34-18(4-21)15(29)10(24)6(2-20)33-18;;;;;/h5-17,19-29H,1-4H2;5*1H2. The third-order valence-corrected chi connectivity index (χ3v) is 6.16. The Morgan fingerprint density at radius 2 is 1.00 bits per heavy atom. The van der Waals surface area contributed by atoms with Crippen molar-refractivity contribution in [1.29, 1.82) is 0 Å². The van der Waals surface area contributed by atoms with Gasteiger partial charge in [0.2, 0.25) is 5.79 Å². The van der Waals surface area contributed by atoms with Gasteiger partial charge in [-0.15, -0.1) is 0 Å². The molecule has 0 aliphatic carbocycles. The number of hydrogen-bond acceptors (Lipinski definition) is 16. The Morgan fingerprint density at radius 1 is 0.538 bits per heavy atom. The highest BCUT2D eigenvalue weighted by Gasteiger charge is 2.58. The van der Waals surface area contributed by atoms with Gasteiger partial charge < -0.3 is 107 Å². The van der Waals surface area contributed by atoms with Gasteiger partial charge in [-0.1, -0.05) is 0 Å². The average molecular weight is 595 g/mol. The normalized spacial score (nSPS) is 45.5. The Kier molecular flexibility index (Phi) is 18.8. The van der Waals surface area contributed by atoms with Crippen molar-refractivity contribution < 1.29 is 107 Å². The van der Waals surface area contributed by atoms with Crippen LogP contribution in [0.1, 0.15) is 0 Å². The van der Waals surface area contributed by atoms with E-state index in [1.165, 1.54) is 0 Å². The molecule has 0 saturated carbocycles. The zero-order valence-electron chi connectivity index (χ0n) is 20.3. The summed E-state index contributed by atoms with van der Waals surface area (Å²) in [5.41, 5.74) is 0. The first-order valence-corrected chi connectivity index (χ1v) is 10.6. The van der Waals surface area contributed by atoms with Crippen LogP contribution in [0.5, 0.6) is 0 Å². The summed E-state index contributed by atoms with van der Waals surface area (Å²) < 4.78 is 26.4. The van der Waals surface area contributed by atoms with E-state index in [2.05, 4.69) is 0 Å². The van der Waals surface area contributed by atoms with Gasteiger partial charge in [0.1, 0.15) is 73.8 Å². The summed E-state index contributed by atoms with van der Waals surface area (Å²) in [4.78, 5) is 0. The van der Waals surface area contributed by atoms with E-state index in [1.54, 1.807) is 0 Å². The third-order valence-electron chi connectivity index (χ3n) is 6.16. The van der Waals surface area contributed by atoms with Crippen LogP contribution in [-0.2, 0) is 23.7 Å². The molecule has 21 heteroatoms. The molecule has 0 spiro atoms. The highest BCUT2D eigenvalue weighted by atomic mass is 16.8. The summed E-state index contributed by atoms with van der Waals surface area (Å²) in [7, 11) is 0. The van der Waals surface area contributed by atoms with E-state index in [0.29, 0.717) is 0 Å². The van der Waals surface area contributed by atoms with Gasteiger partial charge in [-0.3, -0.25) is 0 Å². The van der Waals surface area contributed by atoms with Gasteiger partial charge in [-0.05, 0) is 0 Å². The highest BCUT2D eigenvalue weighted by molar-refractivity contribution is 4.98. The minimum Gasteiger partial charge on any atom is -0.412 e. The van der Waals surface area contributed by atoms with Crippen molar-refractivity contribution in [2.24, 2.45) is 0 Å². The first-order valence-electron chi connectivity index (χ1n) is 10.6. The molecule has 39 heavy (non-hydrogen) atoms. The number of ether oxygens (including phenoxy) is 5. The fourth-order valence-corrected chi connectivity index (χ4v) is 4.01. The Bertz CT molecular complexity index is 658. The smallest absolute Gasteiger partial charge is 0.224 e. The first kappa shape index (κ1) is 42.6. The van der Waals surface area contributed by atoms with Crippen molar-refractivity contribution in [2.75, 3.05) is 26.4 Å². The van der Waals surface area contributed by atoms with Gasteiger partial charge >= 0.3 is 0 Å². The van der Waals surface area contributed by atoms with Crippen molar-refractivity contribution >= 4 is 0 Å². The van der Waals surface area contributed by atoms with Crippen LogP contribution in [0.15, 0.2) is 0 Å². The summed E-state index contributed by atoms with van der Waals surface area (Å²) in [6.07, 6.45) is -21.8. The van der Waals surface area contributed by atoms with E-state index >= 15 is 0 Å². The SMILES string of the molecule is O.O.O.O.O.OCC1OC(OCC2OC(OC3(CO)OC(CO)C(O)C3O)C(O)C(O)C2O)C(O)C(O)C1O. The summed E-state index contributed by atoms with van der Waals surface area (Å²) >= 11 is 0. The molecule has 0 aromatic carbocycles. The topological polar surface area (TPSA) is 426 Å². The molecule has 0 aromatic rings. The second-order valence-electron chi connectivity index (χ2n) is 8.41. The van der Waals surface area contributed by atoms with E-state index in [0.717, 1.165) is 0 Å². The van der Waals surface area contributed by atoms with E-state index in [1.807, 2.05) is 0 Å². The lowest BCUT2D eigenvalue weighted by atomic mass is 9.98. The van der Waals surface area contributed by atoms with E-state index < -0.39 is 112 Å². The molecule has 3 aliphatic heterocycles. The molecule has 3 heterocycles. The summed E-state index contributed by atoms with van der Waals surface area (Å²) in [5, 5.41) is 109. The average Bonchev–Trinajstić information content (AvgIpc) is 3.08. The van der Waals surface area contributed by atoms with Gasteiger partial charge in [-0.2, -0.15) is 0 Å². The lowest BCUT2D eigenvalue weighted by molar-refractivity contribution is -0.388. The molecule has 0 bridgehead atoms. The Balaban J connectivity index is -0.00000259. The molecular formula is C18H42O21. The number of aliphatic hydroxyl groups is 11. The van der Waals surface area contributed by atoms with Crippen LogP contribution in [0.2, 0.25) is 0 Å². The quantitative estimate of drug-likeness (QED) is 0.124. The summed E-state index contributed by atoms with van der Waals surface area (Å²) in [6.45, 7) is -3.14. The van der Waals surface area contributed by atoms with Crippen LogP contribution in [0.25, 0.3) is 0 Å². The maximum Gasteiger partial charge on any atom is 0.224 e. The maximum absolute atomic E-state index is 10.3. The molecule has 21 nitrogen and oxygen atoms in total. The minimum absolute atomic E-state index is 0. The Hall–Kier alpha value is -0.840. The first-order chi connectivity index (χ1) is 16.0. The van der Waals surface area contributed by atoms with Crippen LogP contribution in [0.4, 0.5) is 0 Å². The molecular weight excluding hydrogens is 552 g/mol. The zero-order valence-corrected chi connectivity index (χ0v) is 20.3. The molecule has 0 aromatic heterocycles. The predicted octanol–water partition coefficient (Wildman–Crippen LogP) is -11.7. The van der Waals surface area contributed by atoms with Crippen LogP contribution in [0.3, 0.4) is 0 Å². The van der Waals surface area contributed by atoms with Gasteiger partial charge in [0.05, 0.1) is 19.8 Å². The Labute approximate surface area is 220 Å². The Morgan fingerprint density at radius 3 is 1.46 bits per heavy atom. The summed E-state index contributed by atoms with van der Waals surface area (Å²) in [6, 6.07) is 0. The molecule has 21 N–H and O–H groups in total. The second kappa shape index (κ2) is 17.2. The van der Waals surface area contributed by atoms with Crippen molar-refractivity contribution in [1.82, 2.24) is 0 Å². The van der Waals surface area contributed by atoms with Crippen molar-refractivity contribution in [2.45, 2.75) is 85.5 Å². The van der Waals surface area contributed by atoms with E-state index in [-0.39, 0.29) is 27.4 Å². The molecule has 0 radical (unpaired) electrons. The predicted molar refractivity (Wildman–Crippen MR) is 119 cm³/mol. The van der Waals surface area contributed by atoms with Gasteiger partial charge in [0.15, 0.2) is 12.6 Å². The largest absolute Gasteiger partial charge is 0.412 e. The zero-order chi connectivity index (χ0) is 25.4. The molecule has 14 unspecified atom stereocenters. The van der Waals surface area contributed by atoms with Crippen molar-refractivity contribution in [3.63, 3.8) is 0 Å².